The first-order valence-electron chi connectivity index (χ1n) is 6.69. The minimum atomic E-state index is -0.551. The maximum Gasteiger partial charge on any atom is 0.149 e. The van der Waals surface area contributed by atoms with Crippen molar-refractivity contribution >= 4 is 5.69 Å². The van der Waals surface area contributed by atoms with E-state index in [0.717, 1.165) is 12.8 Å². The molecule has 1 aliphatic rings. The number of hydrogen-bond donors (Lipinski definition) is 2. The molecule has 0 saturated carbocycles. The SMILES string of the molecule is NCc1cc(F)c(N2CCCC(CCO)C2)c(F)c1. The van der Waals surface area contributed by atoms with E-state index in [-0.39, 0.29) is 18.8 Å². The Labute approximate surface area is 112 Å². The van der Waals surface area contributed by atoms with Crippen molar-refractivity contribution in [2.75, 3.05) is 24.6 Å². The predicted molar refractivity (Wildman–Crippen MR) is 70.9 cm³/mol. The van der Waals surface area contributed by atoms with Gasteiger partial charge in [0.15, 0.2) is 0 Å². The second-order valence-corrected chi connectivity index (χ2v) is 5.08. The number of piperidine rings is 1. The predicted octanol–water partition coefficient (Wildman–Crippen LogP) is 2.02. The van der Waals surface area contributed by atoms with Gasteiger partial charge in [-0.25, -0.2) is 8.78 Å². The molecule has 1 unspecified atom stereocenters. The van der Waals surface area contributed by atoms with E-state index in [4.69, 9.17) is 10.8 Å². The van der Waals surface area contributed by atoms with Crippen molar-refractivity contribution in [2.24, 2.45) is 11.7 Å². The molecule has 106 valence electrons. The van der Waals surface area contributed by atoms with Crippen LogP contribution in [0.15, 0.2) is 12.1 Å². The Balaban J connectivity index is 2.21. The van der Waals surface area contributed by atoms with Crippen molar-refractivity contribution < 1.29 is 13.9 Å². The Kier molecular flexibility index (Phi) is 4.71. The maximum atomic E-state index is 14.0. The average molecular weight is 270 g/mol. The number of hydrogen-bond acceptors (Lipinski definition) is 3. The molecule has 1 saturated heterocycles. The zero-order chi connectivity index (χ0) is 13.8. The number of anilines is 1. The molecule has 1 heterocycles. The molecule has 2 rings (SSSR count). The molecule has 3 nitrogen and oxygen atoms in total. The second-order valence-electron chi connectivity index (χ2n) is 5.08. The normalized spacial score (nSPS) is 19.8. The summed E-state index contributed by atoms with van der Waals surface area (Å²) in [6.45, 7) is 1.49. The highest BCUT2D eigenvalue weighted by molar-refractivity contribution is 5.51. The van der Waals surface area contributed by atoms with Crippen LogP contribution in [-0.4, -0.2) is 24.8 Å². The van der Waals surface area contributed by atoms with Crippen LogP contribution in [0.1, 0.15) is 24.8 Å². The first-order chi connectivity index (χ1) is 9.15. The van der Waals surface area contributed by atoms with Crippen LogP contribution in [0.2, 0.25) is 0 Å². The summed E-state index contributed by atoms with van der Waals surface area (Å²) in [6.07, 6.45) is 2.57. The highest BCUT2D eigenvalue weighted by Gasteiger charge is 2.24. The smallest absolute Gasteiger partial charge is 0.149 e. The molecule has 0 aromatic heterocycles. The third kappa shape index (κ3) is 3.22. The lowest BCUT2D eigenvalue weighted by atomic mass is 9.94. The number of benzene rings is 1. The summed E-state index contributed by atoms with van der Waals surface area (Å²) in [4.78, 5) is 1.74. The van der Waals surface area contributed by atoms with E-state index in [2.05, 4.69) is 0 Å². The standard InChI is InChI=1S/C14H20F2N2O/c15-12-6-11(8-17)7-13(16)14(12)18-4-1-2-10(9-18)3-5-19/h6-7,10,19H,1-5,8-9,17H2. The zero-order valence-corrected chi connectivity index (χ0v) is 10.9. The Bertz CT molecular complexity index is 414. The first-order valence-corrected chi connectivity index (χ1v) is 6.69. The fourth-order valence-electron chi connectivity index (χ4n) is 2.72. The van der Waals surface area contributed by atoms with E-state index in [1.165, 1.54) is 12.1 Å². The van der Waals surface area contributed by atoms with Gasteiger partial charge in [0.05, 0.1) is 0 Å². The van der Waals surface area contributed by atoms with Gasteiger partial charge in [-0.05, 0) is 42.9 Å². The number of aliphatic hydroxyl groups is 1. The zero-order valence-electron chi connectivity index (χ0n) is 10.9. The summed E-state index contributed by atoms with van der Waals surface area (Å²) in [5.41, 5.74) is 5.91. The molecule has 1 aliphatic heterocycles. The Morgan fingerprint density at radius 2 is 2.00 bits per heavy atom. The molecule has 1 fully saturated rings. The van der Waals surface area contributed by atoms with Crippen LogP contribution < -0.4 is 10.6 Å². The molecule has 0 aliphatic carbocycles. The molecular formula is C14H20F2N2O. The van der Waals surface area contributed by atoms with Gasteiger partial charge < -0.3 is 15.7 Å². The number of halogens is 2. The summed E-state index contributed by atoms with van der Waals surface area (Å²) in [5.74, 6) is -0.804. The van der Waals surface area contributed by atoms with Gasteiger partial charge in [0, 0.05) is 26.2 Å². The van der Waals surface area contributed by atoms with E-state index in [1.54, 1.807) is 4.90 Å². The largest absolute Gasteiger partial charge is 0.396 e. The highest BCUT2D eigenvalue weighted by Crippen LogP contribution is 2.30. The fourth-order valence-corrected chi connectivity index (χ4v) is 2.72. The molecule has 0 spiro atoms. The first kappa shape index (κ1) is 14.2. The van der Waals surface area contributed by atoms with Crippen molar-refractivity contribution in [2.45, 2.75) is 25.8 Å². The molecule has 1 aromatic rings. The van der Waals surface area contributed by atoms with Crippen LogP contribution in [0.5, 0.6) is 0 Å². The summed E-state index contributed by atoms with van der Waals surface area (Å²) >= 11 is 0. The molecule has 0 bridgehead atoms. The minimum absolute atomic E-state index is 0.0415. The molecule has 0 radical (unpaired) electrons. The minimum Gasteiger partial charge on any atom is -0.396 e. The van der Waals surface area contributed by atoms with Gasteiger partial charge >= 0.3 is 0 Å². The lowest BCUT2D eigenvalue weighted by molar-refractivity contribution is 0.244. The van der Waals surface area contributed by atoms with E-state index < -0.39 is 11.6 Å². The number of nitrogens with zero attached hydrogens (tertiary/aromatic N) is 1. The third-order valence-electron chi connectivity index (χ3n) is 3.68. The van der Waals surface area contributed by atoms with Gasteiger partial charge in [-0.15, -0.1) is 0 Å². The van der Waals surface area contributed by atoms with E-state index >= 15 is 0 Å². The summed E-state index contributed by atoms with van der Waals surface area (Å²) in [6, 6.07) is 2.60. The second kappa shape index (κ2) is 6.30. The van der Waals surface area contributed by atoms with Gasteiger partial charge in [-0.3, -0.25) is 0 Å². The Morgan fingerprint density at radius 3 is 2.58 bits per heavy atom. The quantitative estimate of drug-likeness (QED) is 0.880. The van der Waals surface area contributed by atoms with Crippen LogP contribution in [0.25, 0.3) is 0 Å². The van der Waals surface area contributed by atoms with Gasteiger partial charge in [-0.2, -0.15) is 0 Å². The summed E-state index contributed by atoms with van der Waals surface area (Å²) in [7, 11) is 0. The van der Waals surface area contributed by atoms with Crippen LogP contribution in [0, 0.1) is 17.6 Å². The van der Waals surface area contributed by atoms with Crippen LogP contribution in [0.4, 0.5) is 14.5 Å². The number of rotatable bonds is 4. The van der Waals surface area contributed by atoms with Crippen molar-refractivity contribution in [1.29, 1.82) is 0 Å². The van der Waals surface area contributed by atoms with Gasteiger partial charge in [0.25, 0.3) is 0 Å². The molecule has 19 heavy (non-hydrogen) atoms. The molecule has 5 heteroatoms. The van der Waals surface area contributed by atoms with Gasteiger partial charge in [0.1, 0.15) is 17.3 Å². The van der Waals surface area contributed by atoms with Crippen LogP contribution in [0.3, 0.4) is 0 Å². The van der Waals surface area contributed by atoms with E-state index in [9.17, 15) is 8.78 Å². The lowest BCUT2D eigenvalue weighted by Crippen LogP contribution is -2.37. The van der Waals surface area contributed by atoms with Gasteiger partial charge in [-0.1, -0.05) is 0 Å². The number of nitrogens with two attached hydrogens (primary N) is 1. The molecule has 0 amide bonds. The van der Waals surface area contributed by atoms with Crippen LogP contribution in [-0.2, 0) is 6.54 Å². The fraction of sp³-hybridized carbons (Fsp3) is 0.571. The molecule has 3 N–H and O–H groups in total. The molecular weight excluding hydrogens is 250 g/mol. The lowest BCUT2D eigenvalue weighted by Gasteiger charge is -2.34. The highest BCUT2D eigenvalue weighted by atomic mass is 19.1. The van der Waals surface area contributed by atoms with Crippen LogP contribution >= 0.6 is 0 Å². The van der Waals surface area contributed by atoms with E-state index in [1.807, 2.05) is 0 Å². The number of aliphatic hydroxyl groups excluding tert-OH is 1. The average Bonchev–Trinajstić information content (AvgIpc) is 2.38. The van der Waals surface area contributed by atoms with Crippen molar-refractivity contribution in [3.63, 3.8) is 0 Å². The van der Waals surface area contributed by atoms with Gasteiger partial charge in [0.2, 0.25) is 0 Å². The Hall–Kier alpha value is -1.20. The third-order valence-corrected chi connectivity index (χ3v) is 3.68. The summed E-state index contributed by atoms with van der Waals surface area (Å²) in [5, 5.41) is 8.97. The van der Waals surface area contributed by atoms with Crippen molar-refractivity contribution in [1.82, 2.24) is 0 Å². The van der Waals surface area contributed by atoms with Crippen molar-refractivity contribution in [3.05, 3.63) is 29.3 Å². The maximum absolute atomic E-state index is 14.0. The van der Waals surface area contributed by atoms with Crippen molar-refractivity contribution in [3.8, 4) is 0 Å². The topological polar surface area (TPSA) is 49.5 Å². The molecule has 1 atom stereocenters. The molecule has 1 aromatic carbocycles. The Morgan fingerprint density at radius 1 is 1.32 bits per heavy atom. The van der Waals surface area contributed by atoms with E-state index in [0.29, 0.717) is 31.0 Å². The summed E-state index contributed by atoms with van der Waals surface area (Å²) < 4.78 is 28.0. The monoisotopic (exact) mass is 270 g/mol.